The number of nitrogens with zero attached hydrogens (tertiary/aromatic N) is 4. The largest absolute Gasteiger partial charge is 0.377 e. The first-order valence-electron chi connectivity index (χ1n) is 8.74. The van der Waals surface area contributed by atoms with Crippen LogP contribution in [-0.2, 0) is 11.3 Å². The van der Waals surface area contributed by atoms with Crippen LogP contribution in [0.25, 0.3) is 10.9 Å². The van der Waals surface area contributed by atoms with Gasteiger partial charge in [0.1, 0.15) is 18.3 Å². The average molecular weight is 352 g/mol. The van der Waals surface area contributed by atoms with Crippen molar-refractivity contribution in [1.82, 2.24) is 20.0 Å². The maximum Gasteiger partial charge on any atom is 0.273 e. The third-order valence-corrected chi connectivity index (χ3v) is 4.62. The number of hydrogen-bond acceptors (Lipinski definition) is 6. The normalized spacial score (nSPS) is 17.6. The van der Waals surface area contributed by atoms with Gasteiger partial charge >= 0.3 is 0 Å². The minimum Gasteiger partial charge on any atom is -0.377 e. The first-order valence-corrected chi connectivity index (χ1v) is 8.74. The van der Waals surface area contributed by atoms with E-state index in [2.05, 4.69) is 15.1 Å². The third kappa shape index (κ3) is 3.17. The number of methoxy groups -OCH3 is 1. The summed E-state index contributed by atoms with van der Waals surface area (Å²) in [5.41, 5.74) is 1.25. The lowest BCUT2D eigenvalue weighted by Crippen LogP contribution is -2.39. The minimum absolute atomic E-state index is 0.105. The molecule has 7 heteroatoms. The molecule has 26 heavy (non-hydrogen) atoms. The molecule has 1 aromatic carbocycles. The predicted octanol–water partition coefficient (Wildman–Crippen LogP) is 3.13. The number of carbonyl (C=O) groups is 1. The Kier molecular flexibility index (Phi) is 4.62. The van der Waals surface area contributed by atoms with Gasteiger partial charge in [0.15, 0.2) is 5.82 Å². The first kappa shape index (κ1) is 16.7. The molecule has 7 nitrogen and oxygen atoms in total. The van der Waals surface area contributed by atoms with Gasteiger partial charge in [-0.3, -0.25) is 4.79 Å². The van der Waals surface area contributed by atoms with E-state index in [1.54, 1.807) is 18.1 Å². The standard InChI is InChI=1S/C19H20N4O3/c1-25-12-17-21-18(26-22-17)16-8-4-5-11-23(16)19(24)15-10-9-13-6-2-3-7-14(13)20-15/h2-3,6-7,9-10,16H,4-5,8,11-12H2,1H3/t16-/m0/s1. The van der Waals surface area contributed by atoms with Crippen molar-refractivity contribution in [2.45, 2.75) is 31.9 Å². The van der Waals surface area contributed by atoms with E-state index in [0.717, 1.165) is 30.2 Å². The van der Waals surface area contributed by atoms with Crippen LogP contribution in [0.3, 0.4) is 0 Å². The highest BCUT2D eigenvalue weighted by Crippen LogP contribution is 2.31. The smallest absolute Gasteiger partial charge is 0.273 e. The molecule has 0 N–H and O–H groups in total. The number of carbonyl (C=O) groups excluding carboxylic acids is 1. The summed E-state index contributed by atoms with van der Waals surface area (Å²) in [6.07, 6.45) is 2.77. The molecule has 1 aliphatic heterocycles. The lowest BCUT2D eigenvalue weighted by atomic mass is 10.0. The van der Waals surface area contributed by atoms with E-state index in [-0.39, 0.29) is 18.6 Å². The molecule has 0 radical (unpaired) electrons. The van der Waals surface area contributed by atoms with Crippen LogP contribution in [0.4, 0.5) is 0 Å². The molecule has 0 unspecified atom stereocenters. The molecule has 2 aromatic heterocycles. The second-order valence-electron chi connectivity index (χ2n) is 6.38. The molecule has 4 rings (SSSR count). The molecule has 1 fully saturated rings. The second kappa shape index (κ2) is 7.21. The molecule has 0 spiro atoms. The van der Waals surface area contributed by atoms with Crippen LogP contribution >= 0.6 is 0 Å². The number of aromatic nitrogens is 3. The molecule has 3 aromatic rings. The van der Waals surface area contributed by atoms with Gasteiger partial charge in [0.2, 0.25) is 5.89 Å². The van der Waals surface area contributed by atoms with Gasteiger partial charge < -0.3 is 14.2 Å². The van der Waals surface area contributed by atoms with E-state index >= 15 is 0 Å². The number of piperidine rings is 1. The van der Waals surface area contributed by atoms with Gasteiger partial charge in [-0.2, -0.15) is 4.98 Å². The van der Waals surface area contributed by atoms with Crippen molar-refractivity contribution in [2.75, 3.05) is 13.7 Å². The van der Waals surface area contributed by atoms with Crippen molar-refractivity contribution in [2.24, 2.45) is 0 Å². The van der Waals surface area contributed by atoms with Crippen molar-refractivity contribution >= 4 is 16.8 Å². The van der Waals surface area contributed by atoms with Gasteiger partial charge in [0, 0.05) is 19.0 Å². The van der Waals surface area contributed by atoms with Gasteiger partial charge in [-0.05, 0) is 31.4 Å². The predicted molar refractivity (Wildman–Crippen MR) is 94.4 cm³/mol. The molecule has 134 valence electrons. The minimum atomic E-state index is -0.220. The fraction of sp³-hybridized carbons (Fsp3) is 0.368. The van der Waals surface area contributed by atoms with Gasteiger partial charge in [0.25, 0.3) is 5.91 Å². The fourth-order valence-electron chi connectivity index (χ4n) is 3.35. The molecular formula is C19H20N4O3. The lowest BCUT2D eigenvalue weighted by Gasteiger charge is -2.33. The van der Waals surface area contributed by atoms with Crippen molar-refractivity contribution in [3.8, 4) is 0 Å². The van der Waals surface area contributed by atoms with E-state index in [1.165, 1.54) is 0 Å². The van der Waals surface area contributed by atoms with Crippen molar-refractivity contribution in [1.29, 1.82) is 0 Å². The van der Waals surface area contributed by atoms with Gasteiger partial charge in [-0.25, -0.2) is 4.98 Å². The van der Waals surface area contributed by atoms with Crippen LogP contribution in [0.15, 0.2) is 40.9 Å². The maximum atomic E-state index is 13.1. The Morgan fingerprint density at radius 1 is 1.23 bits per heavy atom. The second-order valence-corrected chi connectivity index (χ2v) is 6.38. The summed E-state index contributed by atoms with van der Waals surface area (Å²) in [5.74, 6) is 0.849. The number of hydrogen-bond donors (Lipinski definition) is 0. The monoisotopic (exact) mass is 352 g/mol. The zero-order chi connectivity index (χ0) is 17.9. The Morgan fingerprint density at radius 2 is 2.12 bits per heavy atom. The Balaban J connectivity index is 1.62. The zero-order valence-electron chi connectivity index (χ0n) is 14.6. The molecule has 1 saturated heterocycles. The Labute approximate surface area is 151 Å². The quantitative estimate of drug-likeness (QED) is 0.717. The zero-order valence-corrected chi connectivity index (χ0v) is 14.6. The summed E-state index contributed by atoms with van der Waals surface area (Å²) >= 11 is 0. The van der Waals surface area contributed by atoms with E-state index in [0.29, 0.717) is 24.0 Å². The topological polar surface area (TPSA) is 81.4 Å². The SMILES string of the molecule is COCc1noc([C@@H]2CCCCN2C(=O)c2ccc3ccccc3n2)n1. The van der Waals surface area contributed by atoms with Crippen LogP contribution in [0.1, 0.15) is 47.5 Å². The summed E-state index contributed by atoms with van der Waals surface area (Å²) < 4.78 is 10.4. The van der Waals surface area contributed by atoms with E-state index in [4.69, 9.17) is 9.26 Å². The molecule has 0 bridgehead atoms. The summed E-state index contributed by atoms with van der Waals surface area (Å²) in [5, 5.41) is 4.94. The number of benzene rings is 1. The number of para-hydroxylation sites is 1. The molecule has 1 aliphatic rings. The maximum absolute atomic E-state index is 13.1. The first-order chi connectivity index (χ1) is 12.8. The van der Waals surface area contributed by atoms with E-state index < -0.39 is 0 Å². The number of rotatable bonds is 4. The highest BCUT2D eigenvalue weighted by atomic mass is 16.5. The Hall–Kier alpha value is -2.80. The van der Waals surface area contributed by atoms with Crippen LogP contribution in [0.2, 0.25) is 0 Å². The van der Waals surface area contributed by atoms with Crippen molar-refractivity contribution in [3.05, 3.63) is 53.8 Å². The number of likely N-dealkylation sites (tertiary alicyclic amines) is 1. The molecule has 1 amide bonds. The molecule has 0 aliphatic carbocycles. The Bertz CT molecular complexity index is 924. The highest BCUT2D eigenvalue weighted by molar-refractivity contribution is 5.95. The molecule has 1 atom stereocenters. The molecular weight excluding hydrogens is 332 g/mol. The molecule has 3 heterocycles. The summed E-state index contributed by atoms with van der Waals surface area (Å²) in [6, 6.07) is 11.3. The summed E-state index contributed by atoms with van der Waals surface area (Å²) in [4.78, 5) is 23.8. The summed E-state index contributed by atoms with van der Waals surface area (Å²) in [6.45, 7) is 0.941. The number of pyridine rings is 1. The number of amides is 1. The third-order valence-electron chi connectivity index (χ3n) is 4.62. The lowest BCUT2D eigenvalue weighted by molar-refractivity contribution is 0.0556. The fourth-order valence-corrected chi connectivity index (χ4v) is 3.35. The van der Waals surface area contributed by atoms with Crippen LogP contribution < -0.4 is 0 Å². The van der Waals surface area contributed by atoms with Crippen LogP contribution in [0, 0.1) is 0 Å². The van der Waals surface area contributed by atoms with Gasteiger partial charge in [-0.1, -0.05) is 29.4 Å². The van der Waals surface area contributed by atoms with Crippen LogP contribution in [-0.4, -0.2) is 39.6 Å². The van der Waals surface area contributed by atoms with E-state index in [1.807, 2.05) is 30.3 Å². The van der Waals surface area contributed by atoms with Crippen molar-refractivity contribution < 1.29 is 14.1 Å². The average Bonchev–Trinajstić information content (AvgIpc) is 3.16. The van der Waals surface area contributed by atoms with Gasteiger partial charge in [0.05, 0.1) is 5.52 Å². The van der Waals surface area contributed by atoms with Gasteiger partial charge in [-0.15, -0.1) is 0 Å². The highest BCUT2D eigenvalue weighted by Gasteiger charge is 2.33. The Morgan fingerprint density at radius 3 is 3.00 bits per heavy atom. The number of fused-ring (bicyclic) bond motifs is 1. The molecule has 0 saturated carbocycles. The van der Waals surface area contributed by atoms with Crippen molar-refractivity contribution in [3.63, 3.8) is 0 Å². The van der Waals surface area contributed by atoms with Crippen LogP contribution in [0.5, 0.6) is 0 Å². The number of ether oxygens (including phenoxy) is 1. The summed E-state index contributed by atoms with van der Waals surface area (Å²) in [7, 11) is 1.58. The van der Waals surface area contributed by atoms with E-state index in [9.17, 15) is 4.79 Å².